The predicted octanol–water partition coefficient (Wildman–Crippen LogP) is -0.539. The molecule has 12 heteroatoms. The van der Waals surface area contributed by atoms with Crippen LogP contribution in [0.1, 0.15) is 0 Å². The fourth-order valence-corrected chi connectivity index (χ4v) is 3.49. The van der Waals surface area contributed by atoms with Crippen molar-refractivity contribution >= 4 is 11.0 Å². The Morgan fingerprint density at radius 1 is 0.879 bits per heavy atom. The summed E-state index contributed by atoms with van der Waals surface area (Å²) in [4.78, 5) is 12.5. The van der Waals surface area contributed by atoms with Crippen molar-refractivity contribution in [3.63, 3.8) is 0 Å². The molecule has 0 spiro atoms. The minimum absolute atomic E-state index is 0.115. The Labute approximate surface area is 184 Å². The Bertz CT molecular complexity index is 1230. The van der Waals surface area contributed by atoms with Crippen LogP contribution in [-0.2, 0) is 4.74 Å². The van der Waals surface area contributed by atoms with Crippen molar-refractivity contribution in [1.29, 1.82) is 0 Å². The lowest BCUT2D eigenvalue weighted by atomic mass is 9.99. The van der Waals surface area contributed by atoms with Crippen molar-refractivity contribution in [2.24, 2.45) is 0 Å². The van der Waals surface area contributed by atoms with Gasteiger partial charge in [-0.15, -0.1) is 0 Å². The first-order valence-corrected chi connectivity index (χ1v) is 9.65. The molecule has 8 N–H and O–H groups in total. The number of phenols is 3. The quantitative estimate of drug-likeness (QED) is 0.181. The van der Waals surface area contributed by atoms with Gasteiger partial charge in [-0.3, -0.25) is 4.79 Å². The smallest absolute Gasteiger partial charge is 0.238 e. The van der Waals surface area contributed by atoms with Crippen LogP contribution in [0.25, 0.3) is 22.3 Å². The second-order valence-corrected chi connectivity index (χ2v) is 7.42. The summed E-state index contributed by atoms with van der Waals surface area (Å²) in [5.41, 5.74) is -1.43. The van der Waals surface area contributed by atoms with Crippen molar-refractivity contribution in [1.82, 2.24) is 0 Å². The normalized spacial score (nSPS) is 25.3. The van der Waals surface area contributed by atoms with Gasteiger partial charge in [-0.05, 0) is 24.3 Å². The van der Waals surface area contributed by atoms with E-state index >= 15 is 0 Å². The second-order valence-electron chi connectivity index (χ2n) is 7.42. The lowest BCUT2D eigenvalue weighted by Gasteiger charge is -2.39. The highest BCUT2D eigenvalue weighted by molar-refractivity contribution is 5.92. The zero-order valence-corrected chi connectivity index (χ0v) is 16.7. The molecule has 1 fully saturated rings. The predicted molar refractivity (Wildman–Crippen MR) is 109 cm³/mol. The van der Waals surface area contributed by atoms with Gasteiger partial charge < -0.3 is 54.7 Å². The zero-order valence-electron chi connectivity index (χ0n) is 16.7. The molecule has 1 saturated heterocycles. The van der Waals surface area contributed by atoms with Crippen LogP contribution in [0.3, 0.4) is 0 Å². The van der Waals surface area contributed by atoms with E-state index < -0.39 is 76.7 Å². The maximum absolute atomic E-state index is 12.5. The van der Waals surface area contributed by atoms with Gasteiger partial charge in [0.05, 0.1) is 6.61 Å². The summed E-state index contributed by atoms with van der Waals surface area (Å²) in [6.07, 6.45) is -7.35. The van der Waals surface area contributed by atoms with Crippen LogP contribution in [0.15, 0.2) is 39.5 Å². The van der Waals surface area contributed by atoms with Crippen LogP contribution >= 0.6 is 0 Å². The van der Waals surface area contributed by atoms with Crippen LogP contribution in [-0.4, -0.2) is 78.2 Å². The van der Waals surface area contributed by atoms with Crippen LogP contribution < -0.4 is 10.2 Å². The molecule has 5 atom stereocenters. The molecule has 3 aromatic rings. The summed E-state index contributed by atoms with van der Waals surface area (Å²) in [6.45, 7) is -0.623. The topological polar surface area (TPSA) is 211 Å². The van der Waals surface area contributed by atoms with Gasteiger partial charge in [0.2, 0.25) is 23.2 Å². The maximum atomic E-state index is 12.5. The highest BCUT2D eigenvalue weighted by atomic mass is 16.7. The summed E-state index contributed by atoms with van der Waals surface area (Å²) in [6, 6.07) is 6.13. The monoisotopic (exact) mass is 464 g/mol. The molecule has 1 aliphatic heterocycles. The molecule has 2 heterocycles. The fraction of sp³-hybridized carbons (Fsp3) is 0.286. The average Bonchev–Trinajstić information content (AvgIpc) is 2.80. The van der Waals surface area contributed by atoms with Crippen molar-refractivity contribution < 1.29 is 54.7 Å². The molecular formula is C21H20O12. The highest BCUT2D eigenvalue weighted by Gasteiger charge is 2.44. The summed E-state index contributed by atoms with van der Waals surface area (Å²) < 4.78 is 16.1. The number of benzene rings is 2. The third-order valence-electron chi connectivity index (χ3n) is 5.29. The standard InChI is InChI=1S/C21H20O12/c22-6-11-14(26)16(28)18(30)21(32-11)31-8-3-1-7(2-4-8)19-17(29)15(27)12-9(23)5-10(24)13(25)20(12)33-19/h1-5,11,14,16,18,21-26,28-30H,6H2/t11?,14-,16?,18?,21-/m1/s1. The van der Waals surface area contributed by atoms with Gasteiger partial charge in [-0.25, -0.2) is 0 Å². The summed E-state index contributed by atoms with van der Waals surface area (Å²) in [5.74, 6) is -3.34. The first-order chi connectivity index (χ1) is 15.6. The van der Waals surface area contributed by atoms with Gasteiger partial charge in [0, 0.05) is 11.6 Å². The maximum Gasteiger partial charge on any atom is 0.238 e. The first-order valence-electron chi connectivity index (χ1n) is 9.65. The van der Waals surface area contributed by atoms with Crippen LogP contribution in [0, 0.1) is 0 Å². The lowest BCUT2D eigenvalue weighted by molar-refractivity contribution is -0.277. The number of hydrogen-bond donors (Lipinski definition) is 8. The van der Waals surface area contributed by atoms with Crippen LogP contribution in [0.2, 0.25) is 0 Å². The van der Waals surface area contributed by atoms with E-state index in [-0.39, 0.29) is 17.1 Å². The van der Waals surface area contributed by atoms with Gasteiger partial charge in [-0.2, -0.15) is 0 Å². The molecule has 1 aromatic heterocycles. The van der Waals surface area contributed by atoms with E-state index in [1.807, 2.05) is 0 Å². The van der Waals surface area contributed by atoms with Gasteiger partial charge >= 0.3 is 0 Å². The van der Waals surface area contributed by atoms with Crippen LogP contribution in [0.5, 0.6) is 28.7 Å². The molecule has 1 aliphatic rings. The zero-order chi connectivity index (χ0) is 24.0. The Morgan fingerprint density at radius 3 is 2.18 bits per heavy atom. The second kappa shape index (κ2) is 8.42. The number of aliphatic hydroxyl groups is 4. The minimum Gasteiger partial charge on any atom is -0.507 e. The molecule has 176 valence electrons. The van der Waals surface area contributed by atoms with Crippen molar-refractivity contribution in [2.75, 3.05) is 6.61 Å². The molecule has 12 nitrogen and oxygen atoms in total. The molecule has 3 unspecified atom stereocenters. The first kappa shape index (κ1) is 22.6. The molecule has 33 heavy (non-hydrogen) atoms. The Balaban J connectivity index is 1.66. The van der Waals surface area contributed by atoms with Gasteiger partial charge in [-0.1, -0.05) is 0 Å². The molecule has 2 aromatic carbocycles. The molecule has 4 rings (SSSR count). The summed E-state index contributed by atoms with van der Waals surface area (Å²) in [5, 5.41) is 78.3. The third kappa shape index (κ3) is 3.79. The number of ether oxygens (including phenoxy) is 2. The summed E-state index contributed by atoms with van der Waals surface area (Å²) >= 11 is 0. The molecule has 0 amide bonds. The lowest BCUT2D eigenvalue weighted by Crippen LogP contribution is -2.60. The number of fused-ring (bicyclic) bond motifs is 1. The SMILES string of the molecule is O=c1c(O)c(-c2ccc(O[C@@H]3OC(CO)[C@@H](O)C(O)C3O)cc2)oc2c(O)c(O)cc(O)c12. The minimum atomic E-state index is -1.62. The number of aromatic hydroxyl groups is 4. The van der Waals surface area contributed by atoms with Crippen molar-refractivity contribution in [3.05, 3.63) is 40.6 Å². The fourth-order valence-electron chi connectivity index (χ4n) is 3.49. The Morgan fingerprint density at radius 2 is 1.55 bits per heavy atom. The molecule has 0 bridgehead atoms. The number of hydrogen-bond acceptors (Lipinski definition) is 12. The molecule has 0 aliphatic carbocycles. The number of aliphatic hydroxyl groups excluding tert-OH is 4. The third-order valence-corrected chi connectivity index (χ3v) is 5.29. The van der Waals surface area contributed by atoms with Crippen LogP contribution in [0.4, 0.5) is 0 Å². The largest absolute Gasteiger partial charge is 0.507 e. The van der Waals surface area contributed by atoms with E-state index in [0.717, 1.165) is 6.07 Å². The van der Waals surface area contributed by atoms with Gasteiger partial charge in [0.1, 0.15) is 41.3 Å². The Kier molecular flexibility index (Phi) is 5.78. The van der Waals surface area contributed by atoms with E-state index in [1.54, 1.807) is 0 Å². The molecule has 0 radical (unpaired) electrons. The van der Waals surface area contributed by atoms with E-state index in [9.17, 15) is 45.6 Å². The highest BCUT2D eigenvalue weighted by Crippen LogP contribution is 2.41. The van der Waals surface area contributed by atoms with Gasteiger partial charge in [0.25, 0.3) is 0 Å². The van der Waals surface area contributed by atoms with Gasteiger partial charge in [0.15, 0.2) is 17.1 Å². The molecule has 0 saturated carbocycles. The number of phenolic OH excluding ortho intramolecular Hbond substituents is 3. The Hall–Kier alpha value is -3.55. The van der Waals surface area contributed by atoms with E-state index in [4.69, 9.17) is 13.9 Å². The average molecular weight is 464 g/mol. The van der Waals surface area contributed by atoms with E-state index in [0.29, 0.717) is 0 Å². The summed E-state index contributed by atoms with van der Waals surface area (Å²) in [7, 11) is 0. The van der Waals surface area contributed by atoms with E-state index in [2.05, 4.69) is 0 Å². The molecular weight excluding hydrogens is 444 g/mol. The van der Waals surface area contributed by atoms with Crippen molar-refractivity contribution in [3.8, 4) is 40.1 Å². The van der Waals surface area contributed by atoms with Crippen molar-refractivity contribution in [2.45, 2.75) is 30.7 Å². The van der Waals surface area contributed by atoms with E-state index in [1.165, 1.54) is 24.3 Å². The number of rotatable bonds is 4.